The van der Waals surface area contributed by atoms with Gasteiger partial charge in [-0.15, -0.1) is 0 Å². The van der Waals surface area contributed by atoms with E-state index in [9.17, 15) is 0 Å². The lowest BCUT2D eigenvalue weighted by Gasteiger charge is -2.19. The van der Waals surface area contributed by atoms with Gasteiger partial charge in [-0.2, -0.15) is 5.26 Å². The van der Waals surface area contributed by atoms with Gasteiger partial charge in [-0.3, -0.25) is 0 Å². The third-order valence-corrected chi connectivity index (χ3v) is 2.54. The van der Waals surface area contributed by atoms with Crippen molar-refractivity contribution >= 4 is 21.6 Å². The number of nitriles is 1. The third-order valence-electron chi connectivity index (χ3n) is 2.05. The van der Waals surface area contributed by atoms with E-state index < -0.39 is 0 Å². The molecule has 0 N–H and O–H groups in total. The van der Waals surface area contributed by atoms with Crippen molar-refractivity contribution in [2.45, 2.75) is 13.3 Å². The fourth-order valence-corrected chi connectivity index (χ4v) is 1.72. The van der Waals surface area contributed by atoms with Gasteiger partial charge in [0.15, 0.2) is 0 Å². The first-order valence-corrected chi connectivity index (χ1v) is 5.39. The van der Waals surface area contributed by atoms with E-state index in [2.05, 4.69) is 33.8 Å². The molecule has 2 nitrogen and oxygen atoms in total. The van der Waals surface area contributed by atoms with Crippen LogP contribution < -0.4 is 4.90 Å². The van der Waals surface area contributed by atoms with Gasteiger partial charge in [0.2, 0.25) is 0 Å². The highest BCUT2D eigenvalue weighted by Gasteiger charge is 2.06. The zero-order valence-electron chi connectivity index (χ0n) is 8.42. The molecule has 0 aromatic heterocycles. The van der Waals surface area contributed by atoms with Crippen LogP contribution in [-0.4, -0.2) is 13.6 Å². The number of nitrogens with zero attached hydrogens (tertiary/aromatic N) is 2. The van der Waals surface area contributed by atoms with E-state index in [0.29, 0.717) is 0 Å². The zero-order valence-corrected chi connectivity index (χ0v) is 10.0. The largest absolute Gasteiger partial charge is 0.374 e. The van der Waals surface area contributed by atoms with Crippen LogP contribution in [0.2, 0.25) is 0 Å². The quantitative estimate of drug-likeness (QED) is 0.827. The van der Waals surface area contributed by atoms with Crippen LogP contribution in [0, 0.1) is 11.3 Å². The fourth-order valence-electron chi connectivity index (χ4n) is 1.37. The first-order valence-electron chi connectivity index (χ1n) is 4.59. The fraction of sp³-hybridized carbons (Fsp3) is 0.364. The lowest BCUT2D eigenvalue weighted by atomic mass is 10.2. The van der Waals surface area contributed by atoms with Crippen molar-refractivity contribution in [3.05, 3.63) is 28.2 Å². The second-order valence-corrected chi connectivity index (χ2v) is 4.11. The highest BCUT2D eigenvalue weighted by molar-refractivity contribution is 9.10. The molecular weight excluding hydrogens is 240 g/mol. The van der Waals surface area contributed by atoms with Crippen LogP contribution in [0.15, 0.2) is 22.7 Å². The molecular formula is C11H13BrN2. The summed E-state index contributed by atoms with van der Waals surface area (Å²) in [6.45, 7) is 3.09. The molecule has 0 bridgehead atoms. The molecule has 0 saturated heterocycles. The van der Waals surface area contributed by atoms with Crippen LogP contribution in [0.3, 0.4) is 0 Å². The van der Waals surface area contributed by atoms with Gasteiger partial charge in [0.25, 0.3) is 0 Å². The predicted octanol–water partition coefficient (Wildman–Crippen LogP) is 3.17. The van der Waals surface area contributed by atoms with Crippen molar-refractivity contribution in [3.63, 3.8) is 0 Å². The van der Waals surface area contributed by atoms with Gasteiger partial charge < -0.3 is 4.90 Å². The number of hydrogen-bond donors (Lipinski definition) is 0. The molecule has 1 aromatic rings. The Morgan fingerprint density at radius 3 is 2.79 bits per heavy atom. The minimum atomic E-state index is 0.726. The monoisotopic (exact) mass is 252 g/mol. The summed E-state index contributed by atoms with van der Waals surface area (Å²) in [4.78, 5) is 2.10. The van der Waals surface area contributed by atoms with Crippen molar-refractivity contribution in [2.24, 2.45) is 0 Å². The molecule has 0 atom stereocenters. The maximum absolute atomic E-state index is 8.93. The van der Waals surface area contributed by atoms with Crippen LogP contribution >= 0.6 is 15.9 Å². The molecule has 1 aromatic carbocycles. The van der Waals surface area contributed by atoms with E-state index >= 15 is 0 Å². The van der Waals surface area contributed by atoms with Crippen molar-refractivity contribution in [2.75, 3.05) is 18.5 Å². The van der Waals surface area contributed by atoms with Gasteiger partial charge in [0.1, 0.15) is 6.07 Å². The molecule has 0 radical (unpaired) electrons. The Morgan fingerprint density at radius 2 is 2.21 bits per heavy atom. The van der Waals surface area contributed by atoms with Gasteiger partial charge in [0.05, 0.1) is 11.3 Å². The van der Waals surface area contributed by atoms with Crippen LogP contribution in [0.1, 0.15) is 18.9 Å². The Balaban J connectivity index is 3.05. The summed E-state index contributed by atoms with van der Waals surface area (Å²) < 4.78 is 1.01. The molecule has 14 heavy (non-hydrogen) atoms. The van der Waals surface area contributed by atoms with Gasteiger partial charge in [0, 0.05) is 18.1 Å². The van der Waals surface area contributed by atoms with E-state index in [1.54, 1.807) is 0 Å². The van der Waals surface area contributed by atoms with E-state index in [1.807, 2.05) is 25.2 Å². The molecule has 74 valence electrons. The molecule has 0 fully saturated rings. The summed E-state index contributed by atoms with van der Waals surface area (Å²) >= 11 is 3.41. The third kappa shape index (κ3) is 2.49. The molecule has 0 unspecified atom stereocenters. The Morgan fingerprint density at radius 1 is 1.50 bits per heavy atom. The summed E-state index contributed by atoms with van der Waals surface area (Å²) in [7, 11) is 2.01. The van der Waals surface area contributed by atoms with Crippen LogP contribution in [0.4, 0.5) is 5.69 Å². The molecule has 0 heterocycles. The first kappa shape index (κ1) is 11.1. The van der Waals surface area contributed by atoms with E-state index in [4.69, 9.17) is 5.26 Å². The normalized spacial score (nSPS) is 9.57. The van der Waals surface area contributed by atoms with Crippen molar-refractivity contribution in [3.8, 4) is 6.07 Å². The second kappa shape index (κ2) is 5.02. The molecule has 0 aliphatic carbocycles. The topological polar surface area (TPSA) is 27.0 Å². The highest BCUT2D eigenvalue weighted by Crippen LogP contribution is 2.23. The summed E-state index contributed by atoms with van der Waals surface area (Å²) in [6.07, 6.45) is 1.08. The van der Waals surface area contributed by atoms with E-state index in [1.165, 1.54) is 0 Å². The molecule has 0 aliphatic heterocycles. The molecule has 0 amide bonds. The van der Waals surface area contributed by atoms with Crippen LogP contribution in [0.25, 0.3) is 0 Å². The summed E-state index contributed by atoms with van der Waals surface area (Å²) in [5.41, 5.74) is 1.72. The number of benzene rings is 1. The number of halogens is 1. The lowest BCUT2D eigenvalue weighted by molar-refractivity contribution is 0.851. The van der Waals surface area contributed by atoms with Gasteiger partial charge in [-0.05, 0) is 24.6 Å². The van der Waals surface area contributed by atoms with Crippen LogP contribution in [0.5, 0.6) is 0 Å². The smallest absolute Gasteiger partial charge is 0.101 e. The summed E-state index contributed by atoms with van der Waals surface area (Å²) in [6, 6.07) is 7.91. The molecule has 0 spiro atoms. The molecule has 3 heteroatoms. The molecule has 0 saturated carbocycles. The summed E-state index contributed by atoms with van der Waals surface area (Å²) in [5, 5.41) is 8.93. The minimum Gasteiger partial charge on any atom is -0.374 e. The van der Waals surface area contributed by atoms with Gasteiger partial charge >= 0.3 is 0 Å². The zero-order chi connectivity index (χ0) is 10.6. The average Bonchev–Trinajstić information content (AvgIpc) is 2.18. The number of rotatable bonds is 3. The van der Waals surface area contributed by atoms with E-state index in [-0.39, 0.29) is 0 Å². The first-order chi connectivity index (χ1) is 6.69. The lowest BCUT2D eigenvalue weighted by Crippen LogP contribution is -2.18. The summed E-state index contributed by atoms with van der Waals surface area (Å²) in [5.74, 6) is 0. The maximum Gasteiger partial charge on any atom is 0.101 e. The Bertz CT molecular complexity index is 355. The molecule has 0 aliphatic rings. The SMILES string of the molecule is CCCN(C)c1cc(Br)ccc1C#N. The van der Waals surface area contributed by atoms with Gasteiger partial charge in [-0.1, -0.05) is 22.9 Å². The van der Waals surface area contributed by atoms with Crippen molar-refractivity contribution in [1.29, 1.82) is 5.26 Å². The highest BCUT2D eigenvalue weighted by atomic mass is 79.9. The Labute approximate surface area is 93.3 Å². The minimum absolute atomic E-state index is 0.726. The van der Waals surface area contributed by atoms with Crippen molar-refractivity contribution < 1.29 is 0 Å². The Hall–Kier alpha value is -1.01. The predicted molar refractivity (Wildman–Crippen MR) is 62.4 cm³/mol. The van der Waals surface area contributed by atoms with E-state index in [0.717, 1.165) is 28.7 Å². The second-order valence-electron chi connectivity index (χ2n) is 3.19. The maximum atomic E-state index is 8.93. The van der Waals surface area contributed by atoms with Gasteiger partial charge in [-0.25, -0.2) is 0 Å². The number of anilines is 1. The molecule has 1 rings (SSSR count). The van der Waals surface area contributed by atoms with Crippen LogP contribution in [-0.2, 0) is 0 Å². The Kier molecular flexibility index (Phi) is 3.97. The average molecular weight is 253 g/mol. The standard InChI is InChI=1S/C11H13BrN2/c1-3-6-14(2)11-7-10(12)5-4-9(11)8-13/h4-5,7H,3,6H2,1-2H3. The van der Waals surface area contributed by atoms with Crippen molar-refractivity contribution in [1.82, 2.24) is 0 Å². The number of hydrogen-bond acceptors (Lipinski definition) is 2.